The lowest BCUT2D eigenvalue weighted by Crippen LogP contribution is -2.26. The molecule has 2 aromatic heterocycles. The van der Waals surface area contributed by atoms with Gasteiger partial charge in [0.15, 0.2) is 6.10 Å². The van der Waals surface area contributed by atoms with E-state index in [-0.39, 0.29) is 0 Å². The molecule has 4 aromatic rings. The van der Waals surface area contributed by atoms with Crippen LogP contribution in [0.2, 0.25) is 0 Å². The standard InChI is InChI=1S/C27H30N2O4/c1-5-32-25(27(30)31)15-19-6-7-21-12-13-29(24(21)14-19)16-23-18(4)33-26(28-23)22-10-8-20(9-11-22)17(2)3/h6-14,17,25H,5,15-16H2,1-4H3,(H,30,31). The third kappa shape index (κ3) is 5.01. The van der Waals surface area contributed by atoms with Crippen molar-refractivity contribution in [1.29, 1.82) is 0 Å². The Hall–Kier alpha value is -3.38. The van der Waals surface area contributed by atoms with E-state index in [0.717, 1.165) is 33.5 Å². The number of oxazole rings is 1. The number of fused-ring (bicyclic) bond motifs is 1. The number of rotatable bonds is 9. The molecule has 6 heteroatoms. The third-order valence-corrected chi connectivity index (χ3v) is 5.94. The smallest absolute Gasteiger partial charge is 0.333 e. The van der Waals surface area contributed by atoms with Crippen molar-refractivity contribution in [3.63, 3.8) is 0 Å². The number of carbonyl (C=O) groups is 1. The summed E-state index contributed by atoms with van der Waals surface area (Å²) in [6, 6.07) is 16.4. The first-order valence-corrected chi connectivity index (χ1v) is 11.3. The van der Waals surface area contributed by atoms with Gasteiger partial charge in [-0.25, -0.2) is 9.78 Å². The lowest BCUT2D eigenvalue weighted by molar-refractivity contribution is -0.149. The molecule has 2 aromatic carbocycles. The second kappa shape index (κ2) is 9.63. The third-order valence-electron chi connectivity index (χ3n) is 5.94. The van der Waals surface area contributed by atoms with Gasteiger partial charge < -0.3 is 18.8 Å². The molecule has 33 heavy (non-hydrogen) atoms. The van der Waals surface area contributed by atoms with E-state index in [9.17, 15) is 9.90 Å². The summed E-state index contributed by atoms with van der Waals surface area (Å²) in [5.41, 5.74) is 5.07. The number of ether oxygens (including phenoxy) is 1. The highest BCUT2D eigenvalue weighted by atomic mass is 16.5. The molecule has 0 saturated heterocycles. The summed E-state index contributed by atoms with van der Waals surface area (Å²) >= 11 is 0. The number of nitrogens with zero attached hydrogens (tertiary/aromatic N) is 2. The van der Waals surface area contributed by atoms with Crippen molar-refractivity contribution in [2.45, 2.75) is 52.7 Å². The molecule has 0 bridgehead atoms. The van der Waals surface area contributed by atoms with Gasteiger partial charge in [0.1, 0.15) is 11.5 Å². The van der Waals surface area contributed by atoms with Crippen molar-refractivity contribution in [3.05, 3.63) is 77.3 Å². The van der Waals surface area contributed by atoms with E-state index < -0.39 is 12.1 Å². The van der Waals surface area contributed by atoms with Gasteiger partial charge in [0.2, 0.25) is 5.89 Å². The van der Waals surface area contributed by atoms with E-state index >= 15 is 0 Å². The molecular formula is C27H30N2O4. The van der Waals surface area contributed by atoms with Crippen molar-refractivity contribution in [2.75, 3.05) is 6.61 Å². The first kappa shape index (κ1) is 22.8. The summed E-state index contributed by atoms with van der Waals surface area (Å²) in [5.74, 6) is 0.945. The van der Waals surface area contributed by atoms with E-state index in [4.69, 9.17) is 14.1 Å². The lowest BCUT2D eigenvalue weighted by atomic mass is 10.0. The van der Waals surface area contributed by atoms with Gasteiger partial charge >= 0.3 is 5.97 Å². The van der Waals surface area contributed by atoms with Crippen LogP contribution in [0.4, 0.5) is 0 Å². The van der Waals surface area contributed by atoms with E-state index in [2.05, 4.69) is 48.7 Å². The van der Waals surface area contributed by atoms with Crippen LogP contribution in [-0.2, 0) is 22.5 Å². The van der Waals surface area contributed by atoms with Crippen LogP contribution in [0, 0.1) is 6.92 Å². The summed E-state index contributed by atoms with van der Waals surface area (Å²) < 4.78 is 13.5. The number of benzene rings is 2. The van der Waals surface area contributed by atoms with Gasteiger partial charge in [-0.15, -0.1) is 0 Å². The number of aromatic nitrogens is 2. The fraction of sp³-hybridized carbons (Fsp3) is 0.333. The zero-order valence-electron chi connectivity index (χ0n) is 19.5. The molecule has 0 aliphatic rings. The first-order valence-electron chi connectivity index (χ1n) is 11.3. The Morgan fingerprint density at radius 2 is 1.91 bits per heavy atom. The largest absolute Gasteiger partial charge is 0.479 e. The highest BCUT2D eigenvalue weighted by molar-refractivity contribution is 5.81. The second-order valence-electron chi connectivity index (χ2n) is 8.62. The van der Waals surface area contributed by atoms with Crippen molar-refractivity contribution in [3.8, 4) is 11.5 Å². The Morgan fingerprint density at radius 3 is 2.58 bits per heavy atom. The van der Waals surface area contributed by atoms with Gasteiger partial charge in [0.25, 0.3) is 0 Å². The fourth-order valence-corrected chi connectivity index (χ4v) is 4.00. The van der Waals surface area contributed by atoms with E-state index in [1.807, 2.05) is 31.3 Å². The van der Waals surface area contributed by atoms with E-state index in [0.29, 0.717) is 31.4 Å². The monoisotopic (exact) mass is 446 g/mol. The summed E-state index contributed by atoms with van der Waals surface area (Å²) in [7, 11) is 0. The average Bonchev–Trinajstić information content (AvgIpc) is 3.37. The van der Waals surface area contributed by atoms with Crippen LogP contribution in [-0.4, -0.2) is 33.3 Å². The Morgan fingerprint density at radius 1 is 1.15 bits per heavy atom. The van der Waals surface area contributed by atoms with Crippen LogP contribution in [0.25, 0.3) is 22.4 Å². The molecule has 0 spiro atoms. The molecule has 6 nitrogen and oxygen atoms in total. The zero-order chi connectivity index (χ0) is 23.5. The highest BCUT2D eigenvalue weighted by Gasteiger charge is 2.19. The quantitative estimate of drug-likeness (QED) is 0.351. The van der Waals surface area contributed by atoms with Gasteiger partial charge in [0, 0.05) is 30.3 Å². The van der Waals surface area contributed by atoms with Crippen LogP contribution in [0.5, 0.6) is 0 Å². The van der Waals surface area contributed by atoms with Gasteiger partial charge in [0.05, 0.1) is 6.54 Å². The fourth-order valence-electron chi connectivity index (χ4n) is 4.00. The topological polar surface area (TPSA) is 77.5 Å². The highest BCUT2D eigenvalue weighted by Crippen LogP contribution is 2.26. The maximum Gasteiger partial charge on any atom is 0.333 e. The van der Waals surface area contributed by atoms with Gasteiger partial charge in [-0.2, -0.15) is 0 Å². The minimum absolute atomic E-state index is 0.323. The minimum atomic E-state index is -0.945. The SMILES string of the molecule is CCOC(Cc1ccc2ccn(Cc3nc(-c4ccc(C(C)C)cc4)oc3C)c2c1)C(=O)O. The summed E-state index contributed by atoms with van der Waals surface area (Å²) in [5, 5.41) is 10.5. The van der Waals surface area contributed by atoms with Crippen LogP contribution >= 0.6 is 0 Å². The molecule has 0 aliphatic carbocycles. The molecule has 2 heterocycles. The molecular weight excluding hydrogens is 416 g/mol. The summed E-state index contributed by atoms with van der Waals surface area (Å²) in [6.45, 7) is 9.02. The summed E-state index contributed by atoms with van der Waals surface area (Å²) in [4.78, 5) is 16.2. The zero-order valence-corrected chi connectivity index (χ0v) is 19.5. The number of carboxylic acid groups (broad SMARTS) is 1. The number of hydrogen-bond acceptors (Lipinski definition) is 4. The molecule has 4 rings (SSSR count). The van der Waals surface area contributed by atoms with Crippen LogP contribution < -0.4 is 0 Å². The molecule has 0 aliphatic heterocycles. The maximum absolute atomic E-state index is 11.5. The normalized spacial score (nSPS) is 12.5. The second-order valence-corrected chi connectivity index (χ2v) is 8.62. The predicted octanol–water partition coefficient (Wildman–Crippen LogP) is 5.81. The molecule has 0 amide bonds. The number of aryl methyl sites for hydroxylation is 1. The Kier molecular flexibility index (Phi) is 6.65. The molecule has 0 radical (unpaired) electrons. The molecule has 0 fully saturated rings. The van der Waals surface area contributed by atoms with E-state index in [1.165, 1.54) is 5.56 Å². The van der Waals surface area contributed by atoms with Gasteiger partial charge in [-0.05, 0) is 60.5 Å². The minimum Gasteiger partial charge on any atom is -0.479 e. The van der Waals surface area contributed by atoms with Crippen molar-refractivity contribution in [1.82, 2.24) is 9.55 Å². The molecule has 1 atom stereocenters. The van der Waals surface area contributed by atoms with E-state index in [1.54, 1.807) is 6.92 Å². The van der Waals surface area contributed by atoms with Crippen LogP contribution in [0.15, 0.2) is 59.1 Å². The van der Waals surface area contributed by atoms with Crippen molar-refractivity contribution in [2.24, 2.45) is 0 Å². The van der Waals surface area contributed by atoms with Crippen LogP contribution in [0.1, 0.15) is 49.3 Å². The van der Waals surface area contributed by atoms with Crippen LogP contribution in [0.3, 0.4) is 0 Å². The maximum atomic E-state index is 11.5. The molecule has 172 valence electrons. The average molecular weight is 447 g/mol. The molecule has 0 saturated carbocycles. The molecule has 1 N–H and O–H groups in total. The Labute approximate surface area is 193 Å². The predicted molar refractivity (Wildman–Crippen MR) is 129 cm³/mol. The van der Waals surface area contributed by atoms with Gasteiger partial charge in [-0.1, -0.05) is 38.1 Å². The number of hydrogen-bond donors (Lipinski definition) is 1. The van der Waals surface area contributed by atoms with Crippen molar-refractivity contribution < 1.29 is 19.1 Å². The van der Waals surface area contributed by atoms with Gasteiger partial charge in [-0.3, -0.25) is 0 Å². The Bertz CT molecular complexity index is 1250. The summed E-state index contributed by atoms with van der Waals surface area (Å²) in [6.07, 6.45) is 1.50. The lowest BCUT2D eigenvalue weighted by Gasteiger charge is -2.13. The number of aliphatic carboxylic acids is 1. The first-order chi connectivity index (χ1) is 15.9. The van der Waals surface area contributed by atoms with Crippen molar-refractivity contribution >= 4 is 16.9 Å². The Balaban J connectivity index is 1.58. The molecule has 1 unspecified atom stereocenters. The number of carboxylic acids is 1.